The molecule has 0 fully saturated rings. The molecule has 1 amide bonds. The molecule has 8 nitrogen and oxygen atoms in total. The zero-order valence-electron chi connectivity index (χ0n) is 11.9. The molecule has 3 atom stereocenters. The topological polar surface area (TPSA) is 140 Å². The number of thiazole rings is 1. The van der Waals surface area contributed by atoms with Crippen molar-refractivity contribution in [2.75, 3.05) is 6.61 Å². The van der Waals surface area contributed by atoms with E-state index < -0.39 is 36.7 Å². The number of hydrogen-bond acceptors (Lipinski definition) is 7. The third-order valence-corrected chi connectivity index (χ3v) is 4.27. The molecule has 1 aromatic heterocycles. The van der Waals surface area contributed by atoms with E-state index in [4.69, 9.17) is 10.2 Å². The molecule has 2 rings (SSSR count). The molecule has 0 aliphatic rings. The lowest BCUT2D eigenvalue weighted by Crippen LogP contribution is -2.47. The van der Waals surface area contributed by atoms with Crippen LogP contribution in [0.1, 0.15) is 17.5 Å². The highest BCUT2D eigenvalue weighted by Gasteiger charge is 2.31. The molecule has 2 unspecified atom stereocenters. The summed E-state index contributed by atoms with van der Waals surface area (Å²) in [6.07, 6.45) is -3.64. The van der Waals surface area contributed by atoms with Crippen molar-refractivity contribution >= 4 is 33.4 Å². The summed E-state index contributed by atoms with van der Waals surface area (Å²) >= 11 is 1.13. The first-order chi connectivity index (χ1) is 10.9. The number of carboxylic acid groups (broad SMARTS) is 1. The molecular formula is C14H16N2O6S. The third kappa shape index (κ3) is 4.02. The van der Waals surface area contributed by atoms with Crippen LogP contribution in [0.3, 0.4) is 0 Å². The number of nitrogens with zero attached hydrogens (tertiary/aromatic N) is 1. The number of benzene rings is 1. The largest absolute Gasteiger partial charge is 0.480 e. The Morgan fingerprint density at radius 2 is 1.96 bits per heavy atom. The predicted octanol–water partition coefficient (Wildman–Crippen LogP) is -0.358. The van der Waals surface area contributed by atoms with Crippen LogP contribution in [0.25, 0.3) is 10.2 Å². The van der Waals surface area contributed by atoms with E-state index in [1.807, 2.05) is 0 Å². The zero-order chi connectivity index (χ0) is 17.0. The van der Waals surface area contributed by atoms with Crippen molar-refractivity contribution in [2.45, 2.75) is 24.7 Å². The molecule has 0 bridgehead atoms. The number of aliphatic hydroxyl groups excluding tert-OH is 3. The van der Waals surface area contributed by atoms with Gasteiger partial charge in [-0.2, -0.15) is 0 Å². The van der Waals surface area contributed by atoms with Gasteiger partial charge < -0.3 is 25.7 Å². The van der Waals surface area contributed by atoms with Gasteiger partial charge in [0.25, 0.3) is 5.91 Å². The minimum atomic E-state index is -1.86. The molecular weight excluding hydrogens is 324 g/mol. The summed E-state index contributed by atoms with van der Waals surface area (Å²) in [4.78, 5) is 26.9. The maximum Gasteiger partial charge on any atom is 0.326 e. The highest BCUT2D eigenvalue weighted by atomic mass is 32.1. The summed E-state index contributed by atoms with van der Waals surface area (Å²) in [6.45, 7) is -0.437. The van der Waals surface area contributed by atoms with E-state index in [0.717, 1.165) is 16.0 Å². The molecule has 0 aliphatic heterocycles. The Bertz CT molecular complexity index is 670. The Kier molecular flexibility index (Phi) is 5.61. The Hall–Kier alpha value is -2.07. The first-order valence-corrected chi connectivity index (χ1v) is 7.61. The maximum absolute atomic E-state index is 11.9. The quantitative estimate of drug-likeness (QED) is 0.464. The Morgan fingerprint density at radius 1 is 1.26 bits per heavy atom. The van der Waals surface area contributed by atoms with Gasteiger partial charge in [-0.25, -0.2) is 9.78 Å². The van der Waals surface area contributed by atoms with Crippen molar-refractivity contribution in [3.8, 4) is 0 Å². The van der Waals surface area contributed by atoms with E-state index in [1.165, 1.54) is 0 Å². The Labute approximate surface area is 135 Å². The zero-order valence-corrected chi connectivity index (χ0v) is 12.7. The van der Waals surface area contributed by atoms with Crippen molar-refractivity contribution in [1.82, 2.24) is 10.3 Å². The summed E-state index contributed by atoms with van der Waals surface area (Å²) in [5.41, 5.74) is 0.628. The van der Waals surface area contributed by atoms with Gasteiger partial charge in [-0.3, -0.25) is 4.79 Å². The van der Waals surface area contributed by atoms with Crippen molar-refractivity contribution in [2.24, 2.45) is 0 Å². The molecule has 1 heterocycles. The SMILES string of the molecule is O=C(N[C@@H](CCO)C(=O)O)C(O)C(O)c1nc2ccccc2s1. The molecule has 2 aromatic rings. The van der Waals surface area contributed by atoms with Gasteiger partial charge in [0.05, 0.1) is 10.2 Å². The lowest BCUT2D eigenvalue weighted by molar-refractivity contribution is -0.145. The van der Waals surface area contributed by atoms with Crippen LogP contribution < -0.4 is 5.32 Å². The molecule has 0 spiro atoms. The van der Waals surface area contributed by atoms with Crippen LogP contribution in [0.15, 0.2) is 24.3 Å². The average Bonchev–Trinajstić information content (AvgIpc) is 2.96. The van der Waals surface area contributed by atoms with Gasteiger partial charge in [-0.05, 0) is 12.1 Å². The molecule has 0 radical (unpaired) electrons. The predicted molar refractivity (Wildman–Crippen MR) is 81.9 cm³/mol. The number of para-hydroxylation sites is 1. The van der Waals surface area contributed by atoms with E-state index in [9.17, 15) is 19.8 Å². The van der Waals surface area contributed by atoms with Crippen LogP contribution in [0.4, 0.5) is 0 Å². The number of hydrogen-bond donors (Lipinski definition) is 5. The van der Waals surface area contributed by atoms with Gasteiger partial charge in [0.2, 0.25) is 0 Å². The molecule has 0 aliphatic carbocycles. The normalized spacial score (nSPS) is 15.1. The van der Waals surface area contributed by atoms with Crippen LogP contribution in [-0.4, -0.2) is 56.0 Å². The number of nitrogens with one attached hydrogen (secondary N) is 1. The number of fused-ring (bicyclic) bond motifs is 1. The van der Waals surface area contributed by atoms with Gasteiger partial charge >= 0.3 is 5.97 Å². The average molecular weight is 340 g/mol. The second-order valence-electron chi connectivity index (χ2n) is 4.82. The molecule has 0 saturated heterocycles. The number of carbonyl (C=O) groups is 2. The number of rotatable bonds is 7. The minimum absolute atomic E-state index is 0.155. The van der Waals surface area contributed by atoms with Gasteiger partial charge in [-0.15, -0.1) is 11.3 Å². The van der Waals surface area contributed by atoms with Crippen LogP contribution in [0.5, 0.6) is 0 Å². The molecule has 1 aromatic carbocycles. The summed E-state index contributed by atoms with van der Waals surface area (Å²) in [7, 11) is 0. The number of aliphatic hydroxyl groups is 3. The lowest BCUT2D eigenvalue weighted by Gasteiger charge is -2.19. The summed E-state index contributed by atoms with van der Waals surface area (Å²) in [5, 5.41) is 39.9. The molecule has 5 N–H and O–H groups in total. The van der Waals surface area contributed by atoms with Crippen molar-refractivity contribution < 1.29 is 30.0 Å². The van der Waals surface area contributed by atoms with Crippen LogP contribution in [0, 0.1) is 0 Å². The number of carboxylic acids is 1. The number of aromatic nitrogens is 1. The smallest absolute Gasteiger partial charge is 0.326 e. The fourth-order valence-electron chi connectivity index (χ4n) is 1.94. The summed E-state index contributed by atoms with van der Waals surface area (Å²) in [5.74, 6) is -2.38. The fourth-order valence-corrected chi connectivity index (χ4v) is 2.92. The first kappa shape index (κ1) is 17.3. The highest BCUT2D eigenvalue weighted by molar-refractivity contribution is 7.18. The number of aliphatic carboxylic acids is 1. The van der Waals surface area contributed by atoms with Gasteiger partial charge in [0.1, 0.15) is 17.2 Å². The van der Waals surface area contributed by atoms with Crippen molar-refractivity contribution in [3.05, 3.63) is 29.3 Å². The molecule has 23 heavy (non-hydrogen) atoms. The van der Waals surface area contributed by atoms with Crippen molar-refractivity contribution in [1.29, 1.82) is 0 Å². The number of amides is 1. The van der Waals surface area contributed by atoms with Gasteiger partial charge in [0, 0.05) is 13.0 Å². The van der Waals surface area contributed by atoms with Gasteiger partial charge in [-0.1, -0.05) is 12.1 Å². The third-order valence-electron chi connectivity index (χ3n) is 3.16. The fraction of sp³-hybridized carbons (Fsp3) is 0.357. The van der Waals surface area contributed by atoms with E-state index in [0.29, 0.717) is 5.52 Å². The Morgan fingerprint density at radius 3 is 2.57 bits per heavy atom. The number of carbonyl (C=O) groups excluding carboxylic acids is 1. The summed E-state index contributed by atoms with van der Waals surface area (Å²) < 4.78 is 0.790. The van der Waals surface area contributed by atoms with E-state index in [1.54, 1.807) is 24.3 Å². The molecule has 124 valence electrons. The van der Waals surface area contributed by atoms with Crippen LogP contribution >= 0.6 is 11.3 Å². The first-order valence-electron chi connectivity index (χ1n) is 6.79. The Balaban J connectivity index is 2.10. The van der Waals surface area contributed by atoms with Gasteiger partial charge in [0.15, 0.2) is 6.10 Å². The second-order valence-corrected chi connectivity index (χ2v) is 5.88. The van der Waals surface area contributed by atoms with Crippen molar-refractivity contribution in [3.63, 3.8) is 0 Å². The monoisotopic (exact) mass is 340 g/mol. The van der Waals surface area contributed by atoms with E-state index in [2.05, 4.69) is 10.3 Å². The highest BCUT2D eigenvalue weighted by Crippen LogP contribution is 2.28. The summed E-state index contributed by atoms with van der Waals surface area (Å²) in [6, 6.07) is 5.75. The maximum atomic E-state index is 11.9. The van der Waals surface area contributed by atoms with Crippen LogP contribution in [-0.2, 0) is 9.59 Å². The van der Waals surface area contributed by atoms with E-state index in [-0.39, 0.29) is 11.4 Å². The lowest BCUT2D eigenvalue weighted by atomic mass is 10.1. The molecule has 0 saturated carbocycles. The van der Waals surface area contributed by atoms with Crippen LogP contribution in [0.2, 0.25) is 0 Å². The standard InChI is InChI=1S/C14H16N2O6S/c17-6-5-8(14(21)22)15-12(20)10(18)11(19)13-16-7-3-1-2-4-9(7)23-13/h1-4,8,10-11,17-19H,5-6H2,(H,15,20)(H,21,22)/t8-,10?,11?/m0/s1. The minimum Gasteiger partial charge on any atom is -0.480 e. The second kappa shape index (κ2) is 7.47. The molecule has 9 heteroatoms. The van der Waals surface area contributed by atoms with E-state index >= 15 is 0 Å².